The van der Waals surface area contributed by atoms with E-state index in [1.165, 1.54) is 4.90 Å². The second-order valence-electron chi connectivity index (χ2n) is 4.87. The number of nitrogens with zero attached hydrogens (tertiary/aromatic N) is 2. The van der Waals surface area contributed by atoms with E-state index >= 15 is 0 Å². The Balaban J connectivity index is 2.59. The molecule has 1 rings (SSSR count). The van der Waals surface area contributed by atoms with Gasteiger partial charge in [0.2, 0.25) is 0 Å². The molecule has 0 bridgehead atoms. The Kier molecular flexibility index (Phi) is 3.79. The lowest BCUT2D eigenvalue weighted by Gasteiger charge is -2.22. The number of aliphatic carboxylic acids is 1. The molecule has 1 saturated heterocycles. The molecule has 18 heavy (non-hydrogen) atoms. The van der Waals surface area contributed by atoms with Gasteiger partial charge in [-0.05, 0) is 26.7 Å². The zero-order chi connectivity index (χ0) is 14.1. The van der Waals surface area contributed by atoms with Gasteiger partial charge in [-0.3, -0.25) is 9.69 Å². The quantitative estimate of drug-likeness (QED) is 0.588. The molecular formula is C12H18N2O4. The van der Waals surface area contributed by atoms with E-state index in [9.17, 15) is 14.4 Å². The van der Waals surface area contributed by atoms with Crippen molar-refractivity contribution in [3.05, 3.63) is 12.2 Å². The molecule has 100 valence electrons. The largest absolute Gasteiger partial charge is 0.478 e. The number of rotatable bonds is 5. The normalized spacial score (nSPS) is 18.4. The first-order chi connectivity index (χ1) is 8.19. The van der Waals surface area contributed by atoms with Crippen LogP contribution in [0.4, 0.5) is 4.79 Å². The third-order valence-corrected chi connectivity index (χ3v) is 3.29. The third kappa shape index (κ3) is 2.37. The van der Waals surface area contributed by atoms with E-state index in [0.29, 0.717) is 6.42 Å². The van der Waals surface area contributed by atoms with Crippen LogP contribution in [0.5, 0.6) is 0 Å². The van der Waals surface area contributed by atoms with Crippen LogP contribution in [0.15, 0.2) is 12.2 Å². The number of carboxylic acids is 1. The van der Waals surface area contributed by atoms with Crippen LogP contribution >= 0.6 is 0 Å². The first-order valence-corrected chi connectivity index (χ1v) is 5.70. The van der Waals surface area contributed by atoms with Crippen molar-refractivity contribution in [2.75, 3.05) is 13.6 Å². The molecule has 0 atom stereocenters. The smallest absolute Gasteiger partial charge is 0.330 e. The summed E-state index contributed by atoms with van der Waals surface area (Å²) in [6.07, 6.45) is 0.670. The maximum atomic E-state index is 12.0. The van der Waals surface area contributed by atoms with Crippen molar-refractivity contribution in [3.63, 3.8) is 0 Å². The van der Waals surface area contributed by atoms with Crippen LogP contribution in [0.1, 0.15) is 26.7 Å². The van der Waals surface area contributed by atoms with Crippen LogP contribution in [-0.4, -0.2) is 51.9 Å². The molecule has 0 saturated carbocycles. The number of likely N-dealkylation sites (N-methyl/N-ethyl adjacent to an activating group) is 1. The van der Waals surface area contributed by atoms with Crippen LogP contribution in [0, 0.1) is 0 Å². The Morgan fingerprint density at radius 1 is 1.39 bits per heavy atom. The molecule has 1 heterocycles. The summed E-state index contributed by atoms with van der Waals surface area (Å²) in [5.74, 6) is -1.30. The highest BCUT2D eigenvalue weighted by Crippen LogP contribution is 2.26. The Bertz CT molecular complexity index is 414. The van der Waals surface area contributed by atoms with Crippen molar-refractivity contribution in [2.45, 2.75) is 32.2 Å². The van der Waals surface area contributed by atoms with Crippen molar-refractivity contribution in [3.8, 4) is 0 Å². The SMILES string of the molecule is C=C(CCCN1C(=O)N(C)C(C)(C)C1=O)C(=O)O. The van der Waals surface area contributed by atoms with Gasteiger partial charge in [0.15, 0.2) is 0 Å². The molecule has 0 aromatic heterocycles. The Morgan fingerprint density at radius 2 is 1.94 bits per heavy atom. The van der Waals surface area contributed by atoms with Gasteiger partial charge < -0.3 is 10.0 Å². The van der Waals surface area contributed by atoms with Crippen LogP contribution < -0.4 is 0 Å². The summed E-state index contributed by atoms with van der Waals surface area (Å²) in [5.41, 5.74) is -0.748. The summed E-state index contributed by atoms with van der Waals surface area (Å²) >= 11 is 0. The monoisotopic (exact) mass is 254 g/mol. The maximum absolute atomic E-state index is 12.0. The fourth-order valence-corrected chi connectivity index (χ4v) is 1.74. The molecule has 6 heteroatoms. The molecular weight excluding hydrogens is 236 g/mol. The lowest BCUT2D eigenvalue weighted by molar-refractivity contribution is -0.132. The molecule has 0 spiro atoms. The second-order valence-corrected chi connectivity index (χ2v) is 4.87. The summed E-state index contributed by atoms with van der Waals surface area (Å²) in [4.78, 5) is 36.9. The lowest BCUT2D eigenvalue weighted by Crippen LogP contribution is -2.41. The van der Waals surface area contributed by atoms with E-state index in [4.69, 9.17) is 5.11 Å². The minimum Gasteiger partial charge on any atom is -0.478 e. The molecule has 0 aromatic rings. The predicted octanol–water partition coefficient (Wildman–Crippen LogP) is 1.08. The van der Waals surface area contributed by atoms with E-state index < -0.39 is 11.5 Å². The molecule has 1 aliphatic rings. The summed E-state index contributed by atoms with van der Waals surface area (Å²) < 4.78 is 0. The number of imide groups is 1. The molecule has 1 aliphatic heterocycles. The third-order valence-electron chi connectivity index (χ3n) is 3.29. The van der Waals surface area contributed by atoms with E-state index in [-0.39, 0.29) is 30.5 Å². The zero-order valence-corrected chi connectivity index (χ0v) is 10.9. The minimum atomic E-state index is -1.05. The van der Waals surface area contributed by atoms with Gasteiger partial charge in [0, 0.05) is 19.2 Å². The van der Waals surface area contributed by atoms with Gasteiger partial charge in [-0.25, -0.2) is 9.59 Å². The number of carboxylic acid groups (broad SMARTS) is 1. The average Bonchev–Trinajstić information content (AvgIpc) is 2.43. The predicted molar refractivity (Wildman–Crippen MR) is 65.0 cm³/mol. The fraction of sp³-hybridized carbons (Fsp3) is 0.583. The van der Waals surface area contributed by atoms with Gasteiger partial charge in [0.05, 0.1) is 0 Å². The molecule has 0 radical (unpaired) electrons. The summed E-state index contributed by atoms with van der Waals surface area (Å²) in [6, 6.07) is -0.342. The van der Waals surface area contributed by atoms with Gasteiger partial charge in [0.1, 0.15) is 5.54 Å². The lowest BCUT2D eigenvalue weighted by atomic mass is 10.0. The average molecular weight is 254 g/mol. The number of hydrogen-bond donors (Lipinski definition) is 1. The first-order valence-electron chi connectivity index (χ1n) is 5.70. The van der Waals surface area contributed by atoms with Crippen LogP contribution in [0.2, 0.25) is 0 Å². The van der Waals surface area contributed by atoms with E-state index in [1.54, 1.807) is 20.9 Å². The summed E-state index contributed by atoms with van der Waals surface area (Å²) in [5, 5.41) is 8.65. The standard InChI is InChI=1S/C12H18N2O4/c1-8(9(15)16)6-5-7-14-10(17)12(2,3)13(4)11(14)18/h1,5-7H2,2-4H3,(H,15,16). The van der Waals surface area contributed by atoms with Crippen molar-refractivity contribution in [1.82, 2.24) is 9.80 Å². The van der Waals surface area contributed by atoms with Crippen molar-refractivity contribution in [2.24, 2.45) is 0 Å². The van der Waals surface area contributed by atoms with Crippen LogP contribution in [0.25, 0.3) is 0 Å². The molecule has 0 unspecified atom stereocenters. The fourth-order valence-electron chi connectivity index (χ4n) is 1.74. The maximum Gasteiger partial charge on any atom is 0.330 e. The number of urea groups is 1. The number of hydrogen-bond acceptors (Lipinski definition) is 3. The van der Waals surface area contributed by atoms with Crippen LogP contribution in [-0.2, 0) is 9.59 Å². The molecule has 0 aliphatic carbocycles. The Labute approximate surface area is 106 Å². The van der Waals surface area contributed by atoms with Gasteiger partial charge in [-0.1, -0.05) is 6.58 Å². The van der Waals surface area contributed by atoms with Crippen molar-refractivity contribution >= 4 is 17.9 Å². The summed E-state index contributed by atoms with van der Waals surface area (Å²) in [7, 11) is 1.58. The highest BCUT2D eigenvalue weighted by Gasteiger charge is 2.48. The van der Waals surface area contributed by atoms with E-state index in [0.717, 1.165) is 4.90 Å². The van der Waals surface area contributed by atoms with Gasteiger partial charge in [0.25, 0.3) is 5.91 Å². The van der Waals surface area contributed by atoms with Gasteiger partial charge in [-0.2, -0.15) is 0 Å². The highest BCUT2D eigenvalue weighted by molar-refractivity contribution is 6.06. The Hall–Kier alpha value is -1.85. The van der Waals surface area contributed by atoms with E-state index in [1.807, 2.05) is 0 Å². The number of carbonyl (C=O) groups excluding carboxylic acids is 2. The topological polar surface area (TPSA) is 77.9 Å². The molecule has 3 amide bonds. The van der Waals surface area contributed by atoms with E-state index in [2.05, 4.69) is 6.58 Å². The Morgan fingerprint density at radius 3 is 2.33 bits per heavy atom. The van der Waals surface area contributed by atoms with Crippen molar-refractivity contribution < 1.29 is 19.5 Å². The summed E-state index contributed by atoms with van der Waals surface area (Å²) in [6.45, 7) is 6.99. The number of amides is 3. The molecule has 6 nitrogen and oxygen atoms in total. The highest BCUT2D eigenvalue weighted by atomic mass is 16.4. The second kappa shape index (κ2) is 4.80. The first kappa shape index (κ1) is 14.2. The molecule has 1 N–H and O–H groups in total. The zero-order valence-electron chi connectivity index (χ0n) is 10.9. The van der Waals surface area contributed by atoms with Crippen LogP contribution in [0.3, 0.4) is 0 Å². The van der Waals surface area contributed by atoms with Gasteiger partial charge >= 0.3 is 12.0 Å². The van der Waals surface area contributed by atoms with Gasteiger partial charge in [-0.15, -0.1) is 0 Å². The molecule has 0 aromatic carbocycles. The van der Waals surface area contributed by atoms with Crippen molar-refractivity contribution in [1.29, 1.82) is 0 Å². The molecule has 1 fully saturated rings. The minimum absolute atomic E-state index is 0.0849. The number of carbonyl (C=O) groups is 3.